The van der Waals surface area contributed by atoms with Crippen LogP contribution in [0.25, 0.3) is 11.0 Å². The van der Waals surface area contributed by atoms with Gasteiger partial charge in [0.25, 0.3) is 5.91 Å². The SMILES string of the molecule is CCn1nnc2c(C)c([C@@H](CC(=O)N(C)O)c3ccc4c(c3)CN(C(=O)c3ccc(C)c(C)c3)CC4)ccc21. The second kappa shape index (κ2) is 10.6. The van der Waals surface area contributed by atoms with Crippen molar-refractivity contribution in [1.29, 1.82) is 0 Å². The Kier molecular flexibility index (Phi) is 7.23. The van der Waals surface area contributed by atoms with E-state index in [1.807, 2.05) is 67.6 Å². The summed E-state index contributed by atoms with van der Waals surface area (Å²) in [4.78, 5) is 28.0. The van der Waals surface area contributed by atoms with Gasteiger partial charge in [-0.3, -0.25) is 14.8 Å². The molecule has 1 aromatic heterocycles. The summed E-state index contributed by atoms with van der Waals surface area (Å²) in [6, 6.07) is 16.2. The number of benzene rings is 3. The highest BCUT2D eigenvalue weighted by molar-refractivity contribution is 5.94. The van der Waals surface area contributed by atoms with Gasteiger partial charge in [-0.2, -0.15) is 0 Å². The first kappa shape index (κ1) is 26.6. The zero-order valence-corrected chi connectivity index (χ0v) is 23.2. The van der Waals surface area contributed by atoms with Crippen molar-refractivity contribution in [2.75, 3.05) is 13.6 Å². The van der Waals surface area contributed by atoms with Crippen molar-refractivity contribution in [2.24, 2.45) is 0 Å². The summed E-state index contributed by atoms with van der Waals surface area (Å²) in [6.45, 7) is 10.00. The largest absolute Gasteiger partial charge is 0.334 e. The number of aryl methyl sites for hydroxylation is 4. The molecule has 0 saturated heterocycles. The first-order valence-corrected chi connectivity index (χ1v) is 13.4. The fourth-order valence-electron chi connectivity index (χ4n) is 5.53. The number of hydroxylamine groups is 2. The number of carbonyl (C=O) groups is 2. The minimum Gasteiger partial charge on any atom is -0.334 e. The molecule has 1 aliphatic heterocycles. The van der Waals surface area contributed by atoms with Gasteiger partial charge in [0.1, 0.15) is 5.52 Å². The maximum atomic E-state index is 13.4. The van der Waals surface area contributed by atoms with Crippen molar-refractivity contribution in [3.8, 4) is 0 Å². The number of carbonyl (C=O) groups excluding carboxylic acids is 2. The first-order chi connectivity index (χ1) is 18.7. The van der Waals surface area contributed by atoms with E-state index in [0.29, 0.717) is 30.3 Å². The van der Waals surface area contributed by atoms with Crippen molar-refractivity contribution in [3.05, 3.63) is 93.0 Å². The number of nitrogens with zero attached hydrogens (tertiary/aromatic N) is 5. The van der Waals surface area contributed by atoms with Crippen LogP contribution in [0.1, 0.15) is 68.6 Å². The van der Waals surface area contributed by atoms with Crippen LogP contribution in [0.15, 0.2) is 48.5 Å². The molecule has 1 aliphatic rings. The highest BCUT2D eigenvalue weighted by atomic mass is 16.5. The number of amides is 2. The van der Waals surface area contributed by atoms with Crippen LogP contribution in [0.2, 0.25) is 0 Å². The van der Waals surface area contributed by atoms with Crippen LogP contribution in [-0.2, 0) is 24.3 Å². The molecule has 0 saturated carbocycles. The molecule has 2 amide bonds. The molecule has 202 valence electrons. The molecule has 5 rings (SSSR count). The zero-order chi connectivity index (χ0) is 27.8. The molecule has 0 aliphatic carbocycles. The van der Waals surface area contributed by atoms with E-state index in [1.165, 1.54) is 18.2 Å². The first-order valence-electron chi connectivity index (χ1n) is 13.4. The van der Waals surface area contributed by atoms with Crippen LogP contribution in [-0.4, -0.2) is 55.6 Å². The van der Waals surface area contributed by atoms with Gasteiger partial charge in [0.05, 0.1) is 5.52 Å². The van der Waals surface area contributed by atoms with Crippen molar-refractivity contribution >= 4 is 22.8 Å². The second-order valence-electron chi connectivity index (χ2n) is 10.5. The van der Waals surface area contributed by atoms with Crippen molar-refractivity contribution < 1.29 is 14.8 Å². The van der Waals surface area contributed by atoms with Crippen LogP contribution >= 0.6 is 0 Å². The second-order valence-corrected chi connectivity index (χ2v) is 10.5. The quantitative estimate of drug-likeness (QED) is 0.284. The average Bonchev–Trinajstić information content (AvgIpc) is 3.36. The van der Waals surface area contributed by atoms with Gasteiger partial charge in [-0.05, 0) is 91.3 Å². The van der Waals surface area contributed by atoms with E-state index in [1.54, 1.807) is 0 Å². The predicted octanol–water partition coefficient (Wildman–Crippen LogP) is 4.94. The number of hydrogen-bond donors (Lipinski definition) is 1. The third-order valence-electron chi connectivity index (χ3n) is 8.08. The summed E-state index contributed by atoms with van der Waals surface area (Å²) in [5, 5.41) is 19.2. The summed E-state index contributed by atoms with van der Waals surface area (Å²) in [5.41, 5.74) is 9.95. The summed E-state index contributed by atoms with van der Waals surface area (Å²) in [7, 11) is 1.35. The molecule has 0 fully saturated rings. The van der Waals surface area contributed by atoms with Crippen LogP contribution in [0, 0.1) is 20.8 Å². The fourth-order valence-corrected chi connectivity index (χ4v) is 5.53. The molecular formula is C31H35N5O3. The fraction of sp³-hybridized carbons (Fsp3) is 0.355. The highest BCUT2D eigenvalue weighted by Crippen LogP contribution is 2.35. The minimum absolute atomic E-state index is 0.0306. The standard InChI is InChI=1S/C31H35N5O3/c1-6-36-28-12-11-26(21(4)30(28)32-33-36)27(17-29(37)34(5)39)23-10-9-22-13-14-35(18-25(22)16-23)31(38)24-8-7-19(2)20(3)15-24/h7-12,15-16,27,39H,6,13-14,17-18H2,1-5H3/t27-/m0/s1. The predicted molar refractivity (Wildman–Crippen MR) is 150 cm³/mol. The summed E-state index contributed by atoms with van der Waals surface area (Å²) in [6.07, 6.45) is 0.881. The van der Waals surface area contributed by atoms with Crippen molar-refractivity contribution in [2.45, 2.75) is 59.5 Å². The molecule has 1 N–H and O–H groups in total. The van der Waals surface area contributed by atoms with Crippen molar-refractivity contribution in [3.63, 3.8) is 0 Å². The number of fused-ring (bicyclic) bond motifs is 2. The molecule has 0 radical (unpaired) electrons. The Labute approximate surface area is 228 Å². The highest BCUT2D eigenvalue weighted by Gasteiger charge is 2.27. The summed E-state index contributed by atoms with van der Waals surface area (Å²) >= 11 is 0. The van der Waals surface area contributed by atoms with Gasteiger partial charge >= 0.3 is 0 Å². The van der Waals surface area contributed by atoms with Gasteiger partial charge in [-0.1, -0.05) is 35.5 Å². The van der Waals surface area contributed by atoms with Crippen LogP contribution in [0.5, 0.6) is 0 Å². The number of aromatic nitrogens is 3. The van der Waals surface area contributed by atoms with Gasteiger partial charge in [0.15, 0.2) is 0 Å². The van der Waals surface area contributed by atoms with E-state index in [-0.39, 0.29) is 24.2 Å². The lowest BCUT2D eigenvalue weighted by atomic mass is 9.83. The van der Waals surface area contributed by atoms with E-state index >= 15 is 0 Å². The Hall–Kier alpha value is -4.04. The molecule has 4 aromatic rings. The van der Waals surface area contributed by atoms with E-state index < -0.39 is 0 Å². The Balaban J connectivity index is 1.51. The summed E-state index contributed by atoms with van der Waals surface area (Å²) in [5.74, 6) is -0.636. The molecule has 2 heterocycles. The normalized spacial score (nSPS) is 13.8. The van der Waals surface area contributed by atoms with Gasteiger partial charge in [0.2, 0.25) is 5.91 Å². The lowest BCUT2D eigenvalue weighted by Crippen LogP contribution is -2.36. The number of rotatable bonds is 6. The van der Waals surface area contributed by atoms with Gasteiger partial charge in [-0.15, -0.1) is 5.10 Å². The third-order valence-corrected chi connectivity index (χ3v) is 8.08. The third kappa shape index (κ3) is 5.04. The molecule has 0 spiro atoms. The van der Waals surface area contributed by atoms with Crippen molar-refractivity contribution in [1.82, 2.24) is 25.0 Å². The Morgan fingerprint density at radius 3 is 2.54 bits per heavy atom. The Morgan fingerprint density at radius 2 is 1.82 bits per heavy atom. The Morgan fingerprint density at radius 1 is 1.03 bits per heavy atom. The summed E-state index contributed by atoms with van der Waals surface area (Å²) < 4.78 is 1.85. The maximum Gasteiger partial charge on any atom is 0.254 e. The minimum atomic E-state index is -0.374. The average molecular weight is 526 g/mol. The van der Waals surface area contributed by atoms with Gasteiger partial charge in [0, 0.05) is 44.6 Å². The Bertz CT molecular complexity index is 1570. The van der Waals surface area contributed by atoms with Gasteiger partial charge < -0.3 is 4.90 Å². The lowest BCUT2D eigenvalue weighted by Gasteiger charge is -2.30. The molecule has 8 nitrogen and oxygen atoms in total. The molecule has 8 heteroatoms. The van der Waals surface area contributed by atoms with E-state index in [4.69, 9.17) is 0 Å². The molecule has 1 atom stereocenters. The van der Waals surface area contributed by atoms with Crippen LogP contribution in [0.4, 0.5) is 0 Å². The maximum absolute atomic E-state index is 13.4. The monoisotopic (exact) mass is 525 g/mol. The van der Waals surface area contributed by atoms with E-state index in [0.717, 1.165) is 45.3 Å². The molecule has 39 heavy (non-hydrogen) atoms. The van der Waals surface area contributed by atoms with E-state index in [9.17, 15) is 14.8 Å². The van der Waals surface area contributed by atoms with Crippen LogP contribution in [0.3, 0.4) is 0 Å². The number of hydrogen-bond acceptors (Lipinski definition) is 5. The lowest BCUT2D eigenvalue weighted by molar-refractivity contribution is -0.159. The van der Waals surface area contributed by atoms with E-state index in [2.05, 4.69) is 28.5 Å². The molecular weight excluding hydrogens is 490 g/mol. The van der Waals surface area contributed by atoms with Crippen LogP contribution < -0.4 is 0 Å². The molecule has 0 bridgehead atoms. The smallest absolute Gasteiger partial charge is 0.254 e. The molecule has 0 unspecified atom stereocenters. The zero-order valence-electron chi connectivity index (χ0n) is 23.2. The topological polar surface area (TPSA) is 91.6 Å². The van der Waals surface area contributed by atoms with Gasteiger partial charge in [-0.25, -0.2) is 9.75 Å². The molecule has 3 aromatic carbocycles.